The number of rotatable bonds is 4. The number of imidazole rings is 1. The van der Waals surface area contributed by atoms with Crippen LogP contribution in [0.3, 0.4) is 0 Å². The highest BCUT2D eigenvalue weighted by Gasteiger charge is 2.38. The average molecular weight is 391 g/mol. The van der Waals surface area contributed by atoms with Crippen LogP contribution in [0, 0.1) is 5.92 Å². The first-order valence-corrected chi connectivity index (χ1v) is 9.10. The Morgan fingerprint density at radius 2 is 2.17 bits per heavy atom. The van der Waals surface area contributed by atoms with Crippen molar-refractivity contribution in [3.8, 4) is 0 Å². The Hall–Kier alpha value is -1.66. The largest absolute Gasteiger partial charge is 0.325 e. The van der Waals surface area contributed by atoms with Crippen molar-refractivity contribution in [2.45, 2.75) is 44.7 Å². The Morgan fingerprint density at radius 1 is 1.42 bits per heavy atom. The Morgan fingerprint density at radius 3 is 2.88 bits per heavy atom. The number of halogens is 1. The monoisotopic (exact) mass is 390 g/mol. The third-order valence-corrected chi connectivity index (χ3v) is 5.32. The molecule has 2 unspecified atom stereocenters. The molecule has 24 heavy (non-hydrogen) atoms. The second-order valence-electron chi connectivity index (χ2n) is 6.80. The van der Waals surface area contributed by atoms with Gasteiger partial charge in [-0.25, -0.2) is 4.98 Å². The van der Waals surface area contributed by atoms with E-state index in [9.17, 15) is 4.79 Å². The lowest BCUT2D eigenvalue weighted by atomic mass is 9.74. The summed E-state index contributed by atoms with van der Waals surface area (Å²) < 4.78 is 2.99. The van der Waals surface area contributed by atoms with E-state index in [1.165, 1.54) is 0 Å². The summed E-state index contributed by atoms with van der Waals surface area (Å²) in [6.45, 7) is 2.64. The minimum absolute atomic E-state index is 0.0250. The van der Waals surface area contributed by atoms with E-state index in [1.54, 1.807) is 6.20 Å². The highest BCUT2D eigenvalue weighted by molar-refractivity contribution is 9.10. The molecule has 3 N–H and O–H groups in total. The highest BCUT2D eigenvalue weighted by Crippen LogP contribution is 2.32. The van der Waals surface area contributed by atoms with Crippen LogP contribution in [0.15, 0.2) is 41.1 Å². The summed E-state index contributed by atoms with van der Waals surface area (Å²) in [6.07, 6.45) is 7.45. The van der Waals surface area contributed by atoms with Crippen molar-refractivity contribution < 1.29 is 4.79 Å². The zero-order chi connectivity index (χ0) is 17.2. The Kier molecular flexibility index (Phi) is 5.06. The van der Waals surface area contributed by atoms with Gasteiger partial charge in [0.1, 0.15) is 0 Å². The van der Waals surface area contributed by atoms with Gasteiger partial charge in [-0.2, -0.15) is 0 Å². The molecule has 0 saturated heterocycles. The van der Waals surface area contributed by atoms with E-state index in [4.69, 9.17) is 5.73 Å². The summed E-state index contributed by atoms with van der Waals surface area (Å²) in [5, 5.41) is 2.97. The van der Waals surface area contributed by atoms with Gasteiger partial charge in [-0.1, -0.05) is 40.9 Å². The minimum atomic E-state index is -0.439. The maximum Gasteiger partial charge on any atom is 0.231 e. The zero-order valence-corrected chi connectivity index (χ0v) is 15.4. The van der Waals surface area contributed by atoms with Gasteiger partial charge in [0.15, 0.2) is 0 Å². The fourth-order valence-electron chi connectivity index (χ4n) is 3.33. The zero-order valence-electron chi connectivity index (χ0n) is 13.8. The molecule has 1 aliphatic carbocycles. The predicted octanol–water partition coefficient (Wildman–Crippen LogP) is 3.54. The number of aromatic nitrogens is 2. The Labute approximate surface area is 150 Å². The van der Waals surface area contributed by atoms with E-state index in [-0.39, 0.29) is 11.8 Å². The molecule has 1 fully saturated rings. The van der Waals surface area contributed by atoms with Gasteiger partial charge >= 0.3 is 0 Å². The first-order chi connectivity index (χ1) is 11.5. The van der Waals surface area contributed by atoms with Gasteiger partial charge in [0, 0.05) is 22.4 Å². The molecular weight excluding hydrogens is 368 g/mol. The van der Waals surface area contributed by atoms with Gasteiger partial charge in [-0.3, -0.25) is 10.1 Å². The fraction of sp³-hybridized carbons (Fsp3) is 0.444. The molecule has 0 radical (unpaired) electrons. The molecule has 1 aromatic heterocycles. The first kappa shape index (κ1) is 17.2. The topological polar surface area (TPSA) is 72.9 Å². The van der Waals surface area contributed by atoms with Crippen LogP contribution in [0.5, 0.6) is 0 Å². The second-order valence-corrected chi connectivity index (χ2v) is 7.71. The maximum absolute atomic E-state index is 12.7. The second kappa shape index (κ2) is 7.07. The summed E-state index contributed by atoms with van der Waals surface area (Å²) in [6, 6.07) is 8.11. The molecule has 6 heteroatoms. The summed E-state index contributed by atoms with van der Waals surface area (Å²) >= 11 is 3.44. The SMILES string of the molecule is CC1(N)CCCCC1C(=O)Nc1nccn1Cc1ccc(Br)cc1. The Balaban J connectivity index is 1.71. The van der Waals surface area contributed by atoms with Crippen LogP contribution < -0.4 is 11.1 Å². The number of carbonyl (C=O) groups is 1. The van der Waals surface area contributed by atoms with Crippen LogP contribution in [0.2, 0.25) is 0 Å². The van der Waals surface area contributed by atoms with Crippen LogP contribution in [0.25, 0.3) is 0 Å². The predicted molar refractivity (Wildman–Crippen MR) is 98.7 cm³/mol. The molecule has 128 valence electrons. The van der Waals surface area contributed by atoms with E-state index in [1.807, 2.05) is 42.0 Å². The molecule has 0 spiro atoms. The smallest absolute Gasteiger partial charge is 0.231 e. The van der Waals surface area contributed by atoms with Gasteiger partial charge in [0.05, 0.1) is 12.5 Å². The van der Waals surface area contributed by atoms with E-state index in [0.29, 0.717) is 12.5 Å². The molecule has 0 aliphatic heterocycles. The number of nitrogens with one attached hydrogen (secondary N) is 1. The summed E-state index contributed by atoms with van der Waals surface area (Å²) in [5.41, 5.74) is 7.04. The van der Waals surface area contributed by atoms with Gasteiger partial charge < -0.3 is 10.3 Å². The lowest BCUT2D eigenvalue weighted by molar-refractivity contribution is -0.122. The normalized spacial score (nSPS) is 23.9. The standard InChI is InChI=1S/C18H23BrN4O/c1-18(20)9-3-2-4-15(18)16(24)22-17-21-10-11-23(17)12-13-5-7-14(19)8-6-13/h5-8,10-11,15H,2-4,9,12,20H2,1H3,(H,21,22,24). The number of anilines is 1. The molecule has 1 aliphatic rings. The molecule has 2 aromatic rings. The maximum atomic E-state index is 12.7. The minimum Gasteiger partial charge on any atom is -0.325 e. The molecule has 1 saturated carbocycles. The van der Waals surface area contributed by atoms with Crippen molar-refractivity contribution in [3.63, 3.8) is 0 Å². The van der Waals surface area contributed by atoms with Crippen molar-refractivity contribution in [2.75, 3.05) is 5.32 Å². The van der Waals surface area contributed by atoms with Crippen LogP contribution in [-0.4, -0.2) is 21.0 Å². The first-order valence-electron chi connectivity index (χ1n) is 8.31. The van der Waals surface area contributed by atoms with E-state index >= 15 is 0 Å². The quantitative estimate of drug-likeness (QED) is 0.838. The summed E-state index contributed by atoms with van der Waals surface area (Å²) in [5.74, 6) is 0.385. The molecule has 1 aromatic carbocycles. The van der Waals surface area contributed by atoms with Crippen molar-refractivity contribution in [2.24, 2.45) is 11.7 Å². The van der Waals surface area contributed by atoms with E-state index < -0.39 is 5.54 Å². The molecule has 5 nitrogen and oxygen atoms in total. The van der Waals surface area contributed by atoms with Gasteiger partial charge in [-0.15, -0.1) is 0 Å². The number of hydrogen-bond donors (Lipinski definition) is 2. The Bertz CT molecular complexity index is 708. The van der Waals surface area contributed by atoms with E-state index in [2.05, 4.69) is 26.2 Å². The third-order valence-electron chi connectivity index (χ3n) is 4.79. The third kappa shape index (κ3) is 3.87. The average Bonchev–Trinajstić information content (AvgIpc) is 2.96. The van der Waals surface area contributed by atoms with Crippen molar-refractivity contribution in [1.29, 1.82) is 0 Å². The fourth-order valence-corrected chi connectivity index (χ4v) is 3.60. The highest BCUT2D eigenvalue weighted by atomic mass is 79.9. The van der Waals surface area contributed by atoms with Crippen LogP contribution in [-0.2, 0) is 11.3 Å². The van der Waals surface area contributed by atoms with Crippen molar-refractivity contribution >= 4 is 27.8 Å². The molecular formula is C18H23BrN4O. The number of nitrogens with zero attached hydrogens (tertiary/aromatic N) is 2. The number of carbonyl (C=O) groups excluding carboxylic acids is 1. The number of nitrogens with two attached hydrogens (primary N) is 1. The molecule has 1 amide bonds. The van der Waals surface area contributed by atoms with Crippen molar-refractivity contribution in [3.05, 3.63) is 46.7 Å². The lowest BCUT2D eigenvalue weighted by Gasteiger charge is -2.37. The van der Waals surface area contributed by atoms with Crippen molar-refractivity contribution in [1.82, 2.24) is 9.55 Å². The van der Waals surface area contributed by atoms with Gasteiger partial charge in [0.2, 0.25) is 11.9 Å². The van der Waals surface area contributed by atoms with Gasteiger partial charge in [0.25, 0.3) is 0 Å². The molecule has 2 atom stereocenters. The summed E-state index contributed by atoms with van der Waals surface area (Å²) in [7, 11) is 0. The van der Waals surface area contributed by atoms with Crippen LogP contribution in [0.4, 0.5) is 5.95 Å². The molecule has 0 bridgehead atoms. The van der Waals surface area contributed by atoms with Crippen LogP contribution >= 0.6 is 15.9 Å². The lowest BCUT2D eigenvalue weighted by Crippen LogP contribution is -2.51. The molecule has 3 rings (SSSR count). The number of benzene rings is 1. The number of hydrogen-bond acceptors (Lipinski definition) is 3. The number of amides is 1. The summed E-state index contributed by atoms with van der Waals surface area (Å²) in [4.78, 5) is 17.0. The molecule has 1 heterocycles. The van der Waals surface area contributed by atoms with Gasteiger partial charge in [-0.05, 0) is 37.5 Å². The van der Waals surface area contributed by atoms with Crippen LogP contribution in [0.1, 0.15) is 38.2 Å². The van der Waals surface area contributed by atoms with E-state index in [0.717, 1.165) is 35.7 Å².